The van der Waals surface area contributed by atoms with Crippen LogP contribution in [0.2, 0.25) is 0 Å². The summed E-state index contributed by atoms with van der Waals surface area (Å²) in [6, 6.07) is 1.19. The molecule has 3 heteroatoms. The van der Waals surface area contributed by atoms with E-state index < -0.39 is 0 Å². The molecule has 1 atom stereocenters. The third-order valence-electron chi connectivity index (χ3n) is 4.07. The SMILES string of the molecule is C[C@H](NC1CCCC1)c1nc2c(s1)CCCC2. The summed E-state index contributed by atoms with van der Waals surface area (Å²) in [6.45, 7) is 2.28. The van der Waals surface area contributed by atoms with Crippen LogP contribution in [0.1, 0.15) is 67.1 Å². The van der Waals surface area contributed by atoms with Gasteiger partial charge in [0.2, 0.25) is 0 Å². The van der Waals surface area contributed by atoms with Crippen molar-refractivity contribution in [3.05, 3.63) is 15.6 Å². The second kappa shape index (κ2) is 5.07. The molecule has 0 radical (unpaired) electrons. The molecular weight excluding hydrogens is 228 g/mol. The zero-order chi connectivity index (χ0) is 11.7. The van der Waals surface area contributed by atoms with Gasteiger partial charge < -0.3 is 5.32 Å². The summed E-state index contributed by atoms with van der Waals surface area (Å²) < 4.78 is 0. The first-order valence-electron chi connectivity index (χ1n) is 7.07. The Labute approximate surface area is 108 Å². The summed E-state index contributed by atoms with van der Waals surface area (Å²) in [5.41, 5.74) is 1.40. The lowest BCUT2D eigenvalue weighted by atomic mass is 10.0. The quantitative estimate of drug-likeness (QED) is 0.886. The summed E-state index contributed by atoms with van der Waals surface area (Å²) in [4.78, 5) is 6.41. The van der Waals surface area contributed by atoms with Gasteiger partial charge in [0.15, 0.2) is 0 Å². The first kappa shape index (κ1) is 11.7. The lowest BCUT2D eigenvalue weighted by Gasteiger charge is -2.16. The van der Waals surface area contributed by atoms with E-state index in [0.717, 1.165) is 6.04 Å². The summed E-state index contributed by atoms with van der Waals surface area (Å²) in [6.07, 6.45) is 10.7. The number of nitrogens with one attached hydrogen (secondary N) is 1. The predicted molar refractivity (Wildman–Crippen MR) is 72.6 cm³/mol. The van der Waals surface area contributed by atoms with Gasteiger partial charge in [0.1, 0.15) is 5.01 Å². The molecule has 0 amide bonds. The van der Waals surface area contributed by atoms with Gasteiger partial charge in [-0.15, -0.1) is 11.3 Å². The van der Waals surface area contributed by atoms with Crippen LogP contribution in [0.3, 0.4) is 0 Å². The zero-order valence-corrected chi connectivity index (χ0v) is 11.5. The highest BCUT2D eigenvalue weighted by Gasteiger charge is 2.21. The van der Waals surface area contributed by atoms with Crippen LogP contribution in [0, 0.1) is 0 Å². The van der Waals surface area contributed by atoms with Crippen LogP contribution >= 0.6 is 11.3 Å². The van der Waals surface area contributed by atoms with Crippen LogP contribution in [0.15, 0.2) is 0 Å². The third-order valence-corrected chi connectivity index (χ3v) is 5.41. The van der Waals surface area contributed by atoms with Crippen molar-refractivity contribution in [2.45, 2.75) is 70.4 Å². The molecule has 17 heavy (non-hydrogen) atoms. The van der Waals surface area contributed by atoms with E-state index in [4.69, 9.17) is 4.98 Å². The fourth-order valence-electron chi connectivity index (χ4n) is 3.07. The van der Waals surface area contributed by atoms with E-state index in [0.29, 0.717) is 6.04 Å². The second-order valence-corrected chi connectivity index (χ2v) is 6.61. The number of hydrogen-bond donors (Lipinski definition) is 1. The Balaban J connectivity index is 1.67. The smallest absolute Gasteiger partial charge is 0.110 e. The maximum absolute atomic E-state index is 4.85. The zero-order valence-electron chi connectivity index (χ0n) is 10.7. The molecular formula is C14H22N2S. The minimum atomic E-state index is 0.452. The predicted octanol–water partition coefficient (Wildman–Crippen LogP) is 3.62. The normalized spacial score (nSPS) is 22.6. The van der Waals surface area contributed by atoms with E-state index in [1.165, 1.54) is 62.1 Å². The van der Waals surface area contributed by atoms with Crippen LogP contribution < -0.4 is 5.32 Å². The first-order chi connectivity index (χ1) is 8.33. The Morgan fingerprint density at radius 3 is 2.71 bits per heavy atom. The van der Waals surface area contributed by atoms with E-state index >= 15 is 0 Å². The van der Waals surface area contributed by atoms with Crippen molar-refractivity contribution in [3.63, 3.8) is 0 Å². The van der Waals surface area contributed by atoms with Gasteiger partial charge in [-0.1, -0.05) is 12.8 Å². The van der Waals surface area contributed by atoms with Crippen LogP contribution in [0.5, 0.6) is 0 Å². The van der Waals surface area contributed by atoms with Crippen molar-refractivity contribution in [1.29, 1.82) is 0 Å². The summed E-state index contributed by atoms with van der Waals surface area (Å²) >= 11 is 1.95. The molecule has 1 saturated carbocycles. The summed E-state index contributed by atoms with van der Waals surface area (Å²) in [5, 5.41) is 5.08. The van der Waals surface area contributed by atoms with Crippen LogP contribution in [-0.4, -0.2) is 11.0 Å². The Bertz CT molecular complexity index is 356. The number of nitrogens with zero attached hydrogens (tertiary/aromatic N) is 1. The van der Waals surface area contributed by atoms with Crippen molar-refractivity contribution in [1.82, 2.24) is 10.3 Å². The molecule has 1 heterocycles. The van der Waals surface area contributed by atoms with E-state index in [2.05, 4.69) is 12.2 Å². The summed E-state index contributed by atoms with van der Waals surface area (Å²) in [7, 11) is 0. The minimum absolute atomic E-state index is 0.452. The number of rotatable bonds is 3. The molecule has 0 aliphatic heterocycles. The molecule has 0 saturated heterocycles. The number of hydrogen-bond acceptors (Lipinski definition) is 3. The average molecular weight is 250 g/mol. The topological polar surface area (TPSA) is 24.9 Å². The molecule has 0 spiro atoms. The molecule has 1 fully saturated rings. The molecule has 3 rings (SSSR count). The van der Waals surface area contributed by atoms with Crippen molar-refractivity contribution in [2.24, 2.45) is 0 Å². The molecule has 1 aromatic rings. The van der Waals surface area contributed by atoms with E-state index in [-0.39, 0.29) is 0 Å². The fourth-order valence-corrected chi connectivity index (χ4v) is 4.24. The van der Waals surface area contributed by atoms with Gasteiger partial charge in [-0.25, -0.2) is 4.98 Å². The van der Waals surface area contributed by atoms with Gasteiger partial charge in [-0.2, -0.15) is 0 Å². The van der Waals surface area contributed by atoms with Gasteiger partial charge in [-0.3, -0.25) is 0 Å². The first-order valence-corrected chi connectivity index (χ1v) is 7.89. The number of aromatic nitrogens is 1. The lowest BCUT2D eigenvalue weighted by molar-refractivity contribution is 0.459. The maximum atomic E-state index is 4.85. The highest BCUT2D eigenvalue weighted by molar-refractivity contribution is 7.11. The van der Waals surface area contributed by atoms with E-state index in [1.807, 2.05) is 11.3 Å². The Morgan fingerprint density at radius 1 is 1.18 bits per heavy atom. The van der Waals surface area contributed by atoms with Crippen molar-refractivity contribution < 1.29 is 0 Å². The molecule has 0 bridgehead atoms. The van der Waals surface area contributed by atoms with Crippen LogP contribution in [0.4, 0.5) is 0 Å². The maximum Gasteiger partial charge on any atom is 0.110 e. The lowest BCUT2D eigenvalue weighted by Crippen LogP contribution is -2.28. The molecule has 2 aliphatic rings. The van der Waals surface area contributed by atoms with Crippen molar-refractivity contribution >= 4 is 11.3 Å². The van der Waals surface area contributed by atoms with Gasteiger partial charge in [0.25, 0.3) is 0 Å². The molecule has 2 aliphatic carbocycles. The van der Waals surface area contributed by atoms with E-state index in [9.17, 15) is 0 Å². The van der Waals surface area contributed by atoms with Gasteiger partial charge in [0, 0.05) is 10.9 Å². The third kappa shape index (κ3) is 2.55. The molecule has 0 aromatic carbocycles. The van der Waals surface area contributed by atoms with Gasteiger partial charge in [-0.05, 0) is 45.4 Å². The number of thiazole rings is 1. The monoisotopic (exact) mass is 250 g/mol. The highest BCUT2D eigenvalue weighted by Crippen LogP contribution is 2.30. The Kier molecular flexibility index (Phi) is 3.48. The molecule has 2 nitrogen and oxygen atoms in total. The van der Waals surface area contributed by atoms with Crippen LogP contribution in [0.25, 0.3) is 0 Å². The average Bonchev–Trinajstić information content (AvgIpc) is 2.96. The summed E-state index contributed by atoms with van der Waals surface area (Å²) in [5.74, 6) is 0. The fraction of sp³-hybridized carbons (Fsp3) is 0.786. The van der Waals surface area contributed by atoms with Gasteiger partial charge >= 0.3 is 0 Å². The molecule has 1 N–H and O–H groups in total. The van der Waals surface area contributed by atoms with Crippen LogP contribution in [-0.2, 0) is 12.8 Å². The second-order valence-electron chi connectivity index (χ2n) is 5.50. The Hall–Kier alpha value is -0.410. The van der Waals surface area contributed by atoms with Crippen molar-refractivity contribution in [3.8, 4) is 0 Å². The molecule has 1 aromatic heterocycles. The van der Waals surface area contributed by atoms with Gasteiger partial charge in [0.05, 0.1) is 11.7 Å². The van der Waals surface area contributed by atoms with E-state index in [1.54, 1.807) is 4.88 Å². The largest absolute Gasteiger partial charge is 0.305 e. The number of fused-ring (bicyclic) bond motifs is 1. The standard InChI is InChI=1S/C14H22N2S/c1-10(15-11-6-2-3-7-11)14-16-12-8-4-5-9-13(12)17-14/h10-11,15H,2-9H2,1H3/t10-/m0/s1. The highest BCUT2D eigenvalue weighted by atomic mass is 32.1. The Morgan fingerprint density at radius 2 is 1.94 bits per heavy atom. The van der Waals surface area contributed by atoms with Crippen molar-refractivity contribution in [2.75, 3.05) is 0 Å². The number of aryl methyl sites for hydroxylation is 2. The minimum Gasteiger partial charge on any atom is -0.305 e. The molecule has 0 unspecified atom stereocenters. The molecule has 94 valence electrons.